The smallest absolute Gasteiger partial charge is 0.336 e. The third-order valence-electron chi connectivity index (χ3n) is 6.47. The van der Waals surface area contributed by atoms with Crippen LogP contribution in [0.2, 0.25) is 0 Å². The van der Waals surface area contributed by atoms with E-state index in [0.717, 1.165) is 31.4 Å². The Morgan fingerprint density at radius 2 is 1.88 bits per heavy atom. The van der Waals surface area contributed by atoms with Gasteiger partial charge in [-0.05, 0) is 38.7 Å². The van der Waals surface area contributed by atoms with Gasteiger partial charge in [0.1, 0.15) is 6.61 Å². The Morgan fingerprint density at radius 3 is 2.55 bits per heavy atom. The number of benzene rings is 1. The van der Waals surface area contributed by atoms with Crippen LogP contribution in [0.4, 0.5) is 0 Å². The molecule has 0 radical (unpaired) electrons. The third kappa shape index (κ3) is 4.31. The largest absolute Gasteiger partial charge is 0.493 e. The molecule has 4 rings (SSSR count). The number of carbonyl (C=O) groups is 2. The number of methoxy groups -OCH3 is 3. The number of allylic oxidation sites excluding steroid dienone is 3. The molecule has 0 aromatic heterocycles. The number of ether oxygens (including phenoxy) is 5. The Bertz CT molecular complexity index is 1000. The number of nitrogens with one attached hydrogen (secondary N) is 1. The van der Waals surface area contributed by atoms with Crippen LogP contribution in [0, 0.1) is 0 Å². The van der Waals surface area contributed by atoms with Gasteiger partial charge in [-0.15, -0.1) is 0 Å². The van der Waals surface area contributed by atoms with Gasteiger partial charge in [0.2, 0.25) is 5.75 Å². The fraction of sp³-hybridized carbons (Fsp3) is 0.520. The lowest BCUT2D eigenvalue weighted by Gasteiger charge is -2.35. The number of Topliss-reactive ketones (excluding diaryl/α,β-unsaturated/α-hetero) is 1. The maximum Gasteiger partial charge on any atom is 0.336 e. The molecular weight excluding hydrogens is 426 g/mol. The van der Waals surface area contributed by atoms with Gasteiger partial charge in [0, 0.05) is 35.6 Å². The first-order valence-corrected chi connectivity index (χ1v) is 11.3. The van der Waals surface area contributed by atoms with Gasteiger partial charge in [-0.25, -0.2) is 4.79 Å². The van der Waals surface area contributed by atoms with Crippen LogP contribution in [0.3, 0.4) is 0 Å². The molecule has 8 heteroatoms. The molecular formula is C25H31NO7. The molecule has 0 bridgehead atoms. The molecule has 1 fully saturated rings. The number of carbonyl (C=O) groups excluding carboxylic acids is 2. The van der Waals surface area contributed by atoms with Crippen LogP contribution in [0.15, 0.2) is 34.7 Å². The van der Waals surface area contributed by atoms with Gasteiger partial charge >= 0.3 is 5.97 Å². The van der Waals surface area contributed by atoms with Crippen molar-refractivity contribution in [1.29, 1.82) is 0 Å². The molecule has 8 nitrogen and oxygen atoms in total. The van der Waals surface area contributed by atoms with Crippen molar-refractivity contribution in [3.63, 3.8) is 0 Å². The van der Waals surface area contributed by atoms with Crippen molar-refractivity contribution in [2.24, 2.45) is 0 Å². The van der Waals surface area contributed by atoms with Gasteiger partial charge in [0.15, 0.2) is 17.3 Å². The monoisotopic (exact) mass is 457 g/mol. The standard InChI is InChI=1S/C25H31NO7/c1-14-20(25(28)33-13-15-7-6-12-32-15)21(22-17(26-14)8-5-9-18(22)27)16-10-11-19(29-2)24(31-4)23(16)30-3/h10-11,15,21,26H,5-9,12-13H2,1-4H3/t15-,21+/m1/s1. The number of hydrogen-bond acceptors (Lipinski definition) is 8. The highest BCUT2D eigenvalue weighted by molar-refractivity contribution is 6.04. The molecule has 0 unspecified atom stereocenters. The van der Waals surface area contributed by atoms with Crippen LogP contribution in [0.25, 0.3) is 0 Å². The molecule has 1 aromatic rings. The van der Waals surface area contributed by atoms with Crippen molar-refractivity contribution in [1.82, 2.24) is 5.32 Å². The summed E-state index contributed by atoms with van der Waals surface area (Å²) in [5, 5.41) is 3.31. The zero-order valence-corrected chi connectivity index (χ0v) is 19.6. The zero-order valence-electron chi connectivity index (χ0n) is 19.6. The highest BCUT2D eigenvalue weighted by Crippen LogP contribution is 2.50. The highest BCUT2D eigenvalue weighted by atomic mass is 16.6. The average Bonchev–Trinajstić information content (AvgIpc) is 3.34. The summed E-state index contributed by atoms with van der Waals surface area (Å²) in [6.45, 7) is 2.71. The van der Waals surface area contributed by atoms with Crippen molar-refractivity contribution in [3.05, 3.63) is 40.2 Å². The molecule has 1 aliphatic carbocycles. The predicted octanol–water partition coefficient (Wildman–Crippen LogP) is 3.40. The van der Waals surface area contributed by atoms with E-state index in [2.05, 4.69) is 5.32 Å². The van der Waals surface area contributed by atoms with Crippen LogP contribution >= 0.6 is 0 Å². The van der Waals surface area contributed by atoms with E-state index in [9.17, 15) is 9.59 Å². The maximum absolute atomic E-state index is 13.4. The van der Waals surface area contributed by atoms with Gasteiger partial charge in [0.25, 0.3) is 0 Å². The molecule has 2 heterocycles. The molecule has 0 spiro atoms. The minimum atomic E-state index is -0.638. The third-order valence-corrected chi connectivity index (χ3v) is 6.47. The molecule has 2 atom stereocenters. The van der Waals surface area contributed by atoms with Crippen molar-refractivity contribution < 1.29 is 33.3 Å². The minimum absolute atomic E-state index is 0.0162. The van der Waals surface area contributed by atoms with Crippen molar-refractivity contribution >= 4 is 11.8 Å². The second-order valence-corrected chi connectivity index (χ2v) is 8.42. The van der Waals surface area contributed by atoms with E-state index < -0.39 is 11.9 Å². The lowest BCUT2D eigenvalue weighted by atomic mass is 9.75. The average molecular weight is 458 g/mol. The molecule has 1 aromatic carbocycles. The van der Waals surface area contributed by atoms with Crippen molar-refractivity contribution in [3.8, 4) is 17.2 Å². The van der Waals surface area contributed by atoms with Crippen LogP contribution in [0.1, 0.15) is 50.5 Å². The van der Waals surface area contributed by atoms with Gasteiger partial charge < -0.3 is 29.0 Å². The summed E-state index contributed by atoms with van der Waals surface area (Å²) in [4.78, 5) is 26.5. The Morgan fingerprint density at radius 1 is 1.09 bits per heavy atom. The van der Waals surface area contributed by atoms with Crippen LogP contribution in [-0.4, -0.2) is 52.4 Å². The molecule has 0 amide bonds. The Balaban J connectivity index is 1.81. The quantitative estimate of drug-likeness (QED) is 0.623. The second kappa shape index (κ2) is 9.87. The summed E-state index contributed by atoms with van der Waals surface area (Å²) >= 11 is 0. The first kappa shape index (κ1) is 23.2. The van der Waals surface area contributed by atoms with Crippen LogP contribution in [-0.2, 0) is 19.1 Å². The van der Waals surface area contributed by atoms with Crippen molar-refractivity contribution in [2.75, 3.05) is 34.5 Å². The number of dihydropyridines is 1. The molecule has 33 heavy (non-hydrogen) atoms. The lowest BCUT2D eigenvalue weighted by Crippen LogP contribution is -2.35. The zero-order chi connectivity index (χ0) is 23.5. The van der Waals surface area contributed by atoms with E-state index in [1.54, 1.807) is 13.2 Å². The number of rotatable bonds is 7. The summed E-state index contributed by atoms with van der Waals surface area (Å²) in [6.07, 6.45) is 3.68. The highest BCUT2D eigenvalue weighted by Gasteiger charge is 2.41. The van der Waals surface area contributed by atoms with Crippen LogP contribution < -0.4 is 19.5 Å². The van der Waals surface area contributed by atoms with Gasteiger partial charge in [-0.1, -0.05) is 6.07 Å². The molecule has 3 aliphatic rings. The van der Waals surface area contributed by atoms with E-state index in [-0.39, 0.29) is 18.5 Å². The summed E-state index contributed by atoms with van der Waals surface area (Å²) in [5.41, 5.74) is 3.15. The van der Waals surface area contributed by atoms with Crippen molar-refractivity contribution in [2.45, 2.75) is 51.0 Å². The van der Waals surface area contributed by atoms with Gasteiger partial charge in [-0.2, -0.15) is 0 Å². The summed E-state index contributed by atoms with van der Waals surface area (Å²) in [5.74, 6) is 0.238. The lowest BCUT2D eigenvalue weighted by molar-refractivity contribution is -0.142. The normalized spacial score (nSPS) is 22.6. The molecule has 1 saturated heterocycles. The summed E-state index contributed by atoms with van der Waals surface area (Å²) in [7, 11) is 4.61. The fourth-order valence-corrected chi connectivity index (χ4v) is 4.94. The fourth-order valence-electron chi connectivity index (χ4n) is 4.94. The molecule has 1 N–H and O–H groups in total. The first-order valence-electron chi connectivity index (χ1n) is 11.3. The van der Waals surface area contributed by atoms with E-state index in [1.165, 1.54) is 14.2 Å². The minimum Gasteiger partial charge on any atom is -0.493 e. The van der Waals surface area contributed by atoms with E-state index in [0.29, 0.717) is 52.7 Å². The van der Waals surface area contributed by atoms with E-state index >= 15 is 0 Å². The Hall–Kier alpha value is -3.00. The van der Waals surface area contributed by atoms with E-state index in [1.807, 2.05) is 13.0 Å². The second-order valence-electron chi connectivity index (χ2n) is 8.42. The van der Waals surface area contributed by atoms with Gasteiger partial charge in [0.05, 0.1) is 38.9 Å². The molecule has 178 valence electrons. The van der Waals surface area contributed by atoms with E-state index in [4.69, 9.17) is 23.7 Å². The molecule has 2 aliphatic heterocycles. The summed E-state index contributed by atoms with van der Waals surface area (Å²) in [6, 6.07) is 3.58. The Kier molecular flexibility index (Phi) is 6.93. The maximum atomic E-state index is 13.4. The topological polar surface area (TPSA) is 92.3 Å². The van der Waals surface area contributed by atoms with Crippen LogP contribution in [0.5, 0.6) is 17.2 Å². The number of hydrogen-bond donors (Lipinski definition) is 1. The Labute approximate surface area is 193 Å². The SMILES string of the molecule is COc1ccc([C@H]2C(C(=O)OC[C@H]3CCCO3)=C(C)NC3=C2C(=O)CCC3)c(OC)c1OC. The summed E-state index contributed by atoms with van der Waals surface area (Å²) < 4.78 is 28.0. The number of ketones is 1. The van der Waals surface area contributed by atoms with Gasteiger partial charge in [-0.3, -0.25) is 4.79 Å². The first-order chi connectivity index (χ1) is 16.0. The predicted molar refractivity (Wildman–Crippen MR) is 120 cm³/mol. The number of esters is 1. The molecule has 0 saturated carbocycles.